The molecule has 2 aromatic carbocycles. The van der Waals surface area contributed by atoms with E-state index in [0.29, 0.717) is 23.8 Å². The molecule has 0 N–H and O–H groups in total. The van der Waals surface area contributed by atoms with Crippen molar-refractivity contribution in [2.75, 3.05) is 20.3 Å². The lowest BCUT2D eigenvalue weighted by Crippen LogP contribution is -2.31. The summed E-state index contributed by atoms with van der Waals surface area (Å²) in [5, 5.41) is 0. The third-order valence-electron chi connectivity index (χ3n) is 5.17. The van der Waals surface area contributed by atoms with Crippen LogP contribution in [0.4, 0.5) is 4.79 Å². The minimum Gasteiger partial charge on any atom is -0.487 e. The van der Waals surface area contributed by atoms with Gasteiger partial charge < -0.3 is 18.6 Å². The molecule has 0 spiro atoms. The van der Waals surface area contributed by atoms with E-state index in [1.54, 1.807) is 13.4 Å². The Morgan fingerprint density at radius 2 is 1.88 bits per heavy atom. The Morgan fingerprint density at radius 3 is 2.58 bits per heavy atom. The highest BCUT2D eigenvalue weighted by Crippen LogP contribution is 2.24. The van der Waals surface area contributed by atoms with Crippen LogP contribution in [0.15, 0.2) is 65.3 Å². The van der Waals surface area contributed by atoms with Crippen LogP contribution in [0.2, 0.25) is 0 Å². The Kier molecular flexibility index (Phi) is 7.16. The lowest BCUT2D eigenvalue weighted by Gasteiger charge is -2.18. The molecule has 1 aliphatic heterocycles. The van der Waals surface area contributed by atoms with E-state index in [1.807, 2.05) is 66.7 Å². The molecule has 1 aromatic heterocycles. The van der Waals surface area contributed by atoms with Gasteiger partial charge in [0.1, 0.15) is 24.3 Å². The number of cyclic esters (lactones) is 1. The minimum absolute atomic E-state index is 0.196. The highest BCUT2D eigenvalue weighted by molar-refractivity contribution is 5.97. The first kappa shape index (κ1) is 22.3. The van der Waals surface area contributed by atoms with Crippen molar-refractivity contribution in [1.29, 1.82) is 0 Å². The van der Waals surface area contributed by atoms with Gasteiger partial charge in [0.2, 0.25) is 5.89 Å². The Bertz CT molecular complexity index is 1090. The Morgan fingerprint density at radius 1 is 1.09 bits per heavy atom. The second-order valence-electron chi connectivity index (χ2n) is 7.39. The number of carbonyl (C=O) groups is 2. The van der Waals surface area contributed by atoms with Crippen LogP contribution in [0.5, 0.6) is 5.75 Å². The van der Waals surface area contributed by atoms with Crippen molar-refractivity contribution in [2.24, 2.45) is 0 Å². The fourth-order valence-electron chi connectivity index (χ4n) is 3.40. The number of hydrogen-bond acceptors (Lipinski definition) is 7. The quantitative estimate of drug-likeness (QED) is 0.452. The van der Waals surface area contributed by atoms with Crippen molar-refractivity contribution in [3.8, 4) is 5.75 Å². The topological polar surface area (TPSA) is 91.1 Å². The van der Waals surface area contributed by atoms with E-state index in [0.717, 1.165) is 16.0 Å². The van der Waals surface area contributed by atoms with Crippen LogP contribution < -0.4 is 4.74 Å². The SMILES string of the molecule is COC(CCN1C(=O)COC1=O)c1ccc(OCc2coc(/C=C/c3ccccc3)n2)cc1. The number of imide groups is 1. The van der Waals surface area contributed by atoms with Gasteiger partial charge in [0.25, 0.3) is 5.91 Å². The van der Waals surface area contributed by atoms with Crippen molar-refractivity contribution >= 4 is 24.2 Å². The van der Waals surface area contributed by atoms with Gasteiger partial charge in [-0.2, -0.15) is 0 Å². The number of rotatable bonds is 10. The normalized spacial score (nSPS) is 14.6. The van der Waals surface area contributed by atoms with E-state index in [4.69, 9.17) is 18.6 Å². The molecule has 0 saturated carbocycles. The summed E-state index contributed by atoms with van der Waals surface area (Å²) >= 11 is 0. The summed E-state index contributed by atoms with van der Waals surface area (Å²) in [6.45, 7) is 0.315. The number of hydrogen-bond donors (Lipinski definition) is 0. The molecule has 170 valence electrons. The molecule has 8 nitrogen and oxygen atoms in total. The van der Waals surface area contributed by atoms with Crippen LogP contribution in [0.25, 0.3) is 12.2 Å². The van der Waals surface area contributed by atoms with Crippen LogP contribution >= 0.6 is 0 Å². The molecule has 3 aromatic rings. The van der Waals surface area contributed by atoms with Crippen molar-refractivity contribution in [3.63, 3.8) is 0 Å². The highest BCUT2D eigenvalue weighted by Gasteiger charge is 2.31. The van der Waals surface area contributed by atoms with Gasteiger partial charge >= 0.3 is 6.09 Å². The van der Waals surface area contributed by atoms with E-state index in [2.05, 4.69) is 4.98 Å². The maximum absolute atomic E-state index is 11.7. The zero-order valence-corrected chi connectivity index (χ0v) is 18.2. The number of aromatic nitrogens is 1. The maximum atomic E-state index is 11.7. The second-order valence-corrected chi connectivity index (χ2v) is 7.39. The van der Waals surface area contributed by atoms with Crippen LogP contribution in [0.1, 0.15) is 35.2 Å². The summed E-state index contributed by atoms with van der Waals surface area (Å²) in [4.78, 5) is 28.7. The monoisotopic (exact) mass is 448 g/mol. The summed E-state index contributed by atoms with van der Waals surface area (Å²) in [5.74, 6) is 0.859. The fourth-order valence-corrected chi connectivity index (χ4v) is 3.40. The third kappa shape index (κ3) is 5.87. The highest BCUT2D eigenvalue weighted by atomic mass is 16.6. The van der Waals surface area contributed by atoms with Crippen LogP contribution in [0, 0.1) is 0 Å². The molecule has 2 amide bonds. The van der Waals surface area contributed by atoms with Gasteiger partial charge in [-0.15, -0.1) is 0 Å². The van der Waals surface area contributed by atoms with Crippen molar-refractivity contribution in [2.45, 2.75) is 19.1 Å². The molecular weight excluding hydrogens is 424 g/mol. The summed E-state index contributed by atoms with van der Waals surface area (Å²) in [7, 11) is 1.59. The van der Waals surface area contributed by atoms with Crippen molar-refractivity contribution < 1.29 is 28.2 Å². The average molecular weight is 448 g/mol. The molecule has 0 aliphatic carbocycles. The zero-order chi connectivity index (χ0) is 23.0. The number of amides is 2. The maximum Gasteiger partial charge on any atom is 0.417 e. The summed E-state index contributed by atoms with van der Waals surface area (Å²) in [6, 6.07) is 17.4. The molecule has 1 aliphatic rings. The summed E-state index contributed by atoms with van der Waals surface area (Å²) in [5.41, 5.74) is 2.67. The Balaban J connectivity index is 1.28. The van der Waals surface area contributed by atoms with E-state index in [-0.39, 0.29) is 31.8 Å². The molecule has 1 fully saturated rings. The van der Waals surface area contributed by atoms with E-state index in [9.17, 15) is 9.59 Å². The van der Waals surface area contributed by atoms with E-state index >= 15 is 0 Å². The smallest absolute Gasteiger partial charge is 0.417 e. The van der Waals surface area contributed by atoms with Gasteiger partial charge in [-0.1, -0.05) is 42.5 Å². The van der Waals surface area contributed by atoms with E-state index < -0.39 is 6.09 Å². The van der Waals surface area contributed by atoms with Gasteiger partial charge in [0.05, 0.1) is 6.10 Å². The first-order chi connectivity index (χ1) is 16.1. The van der Waals surface area contributed by atoms with Gasteiger partial charge in [-0.05, 0) is 35.8 Å². The zero-order valence-electron chi connectivity index (χ0n) is 18.2. The van der Waals surface area contributed by atoms with Crippen LogP contribution in [-0.4, -0.2) is 42.1 Å². The summed E-state index contributed by atoms with van der Waals surface area (Å²) in [6.07, 6.45) is 4.91. The first-order valence-electron chi connectivity index (χ1n) is 10.5. The van der Waals surface area contributed by atoms with Crippen molar-refractivity contribution in [3.05, 3.63) is 83.6 Å². The van der Waals surface area contributed by atoms with Crippen molar-refractivity contribution in [1.82, 2.24) is 9.88 Å². The molecule has 1 saturated heterocycles. The molecule has 1 atom stereocenters. The molecule has 33 heavy (non-hydrogen) atoms. The van der Waals surface area contributed by atoms with E-state index in [1.165, 1.54) is 0 Å². The van der Waals surface area contributed by atoms with Gasteiger partial charge in [0.15, 0.2) is 6.61 Å². The van der Waals surface area contributed by atoms with Gasteiger partial charge in [-0.3, -0.25) is 4.79 Å². The van der Waals surface area contributed by atoms with Crippen LogP contribution in [-0.2, 0) is 20.9 Å². The molecule has 4 rings (SSSR count). The predicted molar refractivity (Wildman–Crippen MR) is 120 cm³/mol. The molecule has 0 radical (unpaired) electrons. The Hall–Kier alpha value is -3.91. The molecule has 2 heterocycles. The largest absolute Gasteiger partial charge is 0.487 e. The van der Waals surface area contributed by atoms with Gasteiger partial charge in [0, 0.05) is 19.7 Å². The molecular formula is C25H24N2O6. The van der Waals surface area contributed by atoms with Gasteiger partial charge in [-0.25, -0.2) is 14.7 Å². The number of oxazole rings is 1. The second kappa shape index (κ2) is 10.6. The minimum atomic E-state index is -0.606. The standard InChI is InChI=1S/C25H24N2O6/c1-30-22(13-14-27-24(28)17-33-25(27)29)19-8-10-21(11-9-19)31-15-20-16-32-23(26-20)12-7-18-5-3-2-4-6-18/h2-12,16,22H,13-15,17H2,1H3/b12-7+. The predicted octanol–water partition coefficient (Wildman–Crippen LogP) is 4.48. The first-order valence-corrected chi connectivity index (χ1v) is 10.5. The number of nitrogens with zero attached hydrogens (tertiary/aromatic N) is 2. The Labute approximate surface area is 191 Å². The third-order valence-corrected chi connectivity index (χ3v) is 5.17. The number of carbonyl (C=O) groups excluding carboxylic acids is 2. The molecule has 1 unspecified atom stereocenters. The average Bonchev–Trinajstić information content (AvgIpc) is 3.44. The number of ether oxygens (including phenoxy) is 3. The lowest BCUT2D eigenvalue weighted by molar-refractivity contribution is -0.126. The number of methoxy groups -OCH3 is 1. The summed E-state index contributed by atoms with van der Waals surface area (Å²) < 4.78 is 21.5. The number of benzene rings is 2. The molecule has 0 bridgehead atoms. The molecule has 8 heteroatoms. The van der Waals surface area contributed by atoms with Crippen LogP contribution in [0.3, 0.4) is 0 Å². The lowest BCUT2D eigenvalue weighted by atomic mass is 10.1. The fraction of sp³-hybridized carbons (Fsp3) is 0.240.